The lowest BCUT2D eigenvalue weighted by atomic mass is 10.0. The summed E-state index contributed by atoms with van der Waals surface area (Å²) in [7, 11) is -3.83. The molecule has 20 heavy (non-hydrogen) atoms. The largest absolute Gasteiger partial charge is 0.349 e. The molecule has 0 heterocycles. The number of aryl methyl sites for hydroxylation is 2. The summed E-state index contributed by atoms with van der Waals surface area (Å²) in [6.07, 6.45) is 0. The third kappa shape index (κ3) is 3.80. The molecular weight excluding hydrogens is 276 g/mol. The highest BCUT2D eigenvalue weighted by atomic mass is 32.2. The predicted molar refractivity (Wildman–Crippen MR) is 79.1 cm³/mol. The summed E-state index contributed by atoms with van der Waals surface area (Å²) >= 11 is 0. The van der Waals surface area contributed by atoms with Crippen molar-refractivity contribution in [3.8, 4) is 0 Å². The maximum atomic E-state index is 12.2. The van der Waals surface area contributed by atoms with Crippen LogP contribution in [0, 0.1) is 19.8 Å². The van der Waals surface area contributed by atoms with E-state index in [1.54, 1.807) is 19.9 Å². The molecule has 5 nitrogen and oxygen atoms in total. The Morgan fingerprint density at radius 1 is 1.15 bits per heavy atom. The number of hydrogen-bond acceptors (Lipinski definition) is 3. The molecule has 6 heteroatoms. The molecule has 112 valence electrons. The highest BCUT2D eigenvalue weighted by Gasteiger charge is 2.19. The highest BCUT2D eigenvalue weighted by Crippen LogP contribution is 2.20. The molecule has 1 rings (SSSR count). The van der Waals surface area contributed by atoms with Gasteiger partial charge < -0.3 is 5.32 Å². The minimum absolute atomic E-state index is 0.00105. The Bertz CT molecular complexity index is 622. The molecule has 0 aliphatic carbocycles. The van der Waals surface area contributed by atoms with E-state index in [0.29, 0.717) is 17.0 Å². The van der Waals surface area contributed by atoms with Gasteiger partial charge in [0.05, 0.1) is 4.90 Å². The first-order chi connectivity index (χ1) is 9.04. The normalized spacial score (nSPS) is 13.3. The molecule has 0 aromatic heterocycles. The lowest BCUT2D eigenvalue weighted by Crippen LogP contribution is -2.36. The van der Waals surface area contributed by atoms with Gasteiger partial charge in [0.15, 0.2) is 0 Å². The number of nitrogens with one attached hydrogen (secondary N) is 1. The standard InChI is InChI=1S/C14H22N2O3S/c1-8(2)11(5)16-14(17)12-7-13(20(15,18)19)10(4)6-9(12)3/h6-8,11H,1-5H3,(H,16,17)(H2,15,18,19). The molecule has 1 aromatic carbocycles. The summed E-state index contributed by atoms with van der Waals surface area (Å²) in [5, 5.41) is 8.03. The molecule has 1 unspecified atom stereocenters. The van der Waals surface area contributed by atoms with Crippen molar-refractivity contribution >= 4 is 15.9 Å². The van der Waals surface area contributed by atoms with Crippen LogP contribution in [-0.2, 0) is 10.0 Å². The fourth-order valence-corrected chi connectivity index (χ4v) is 2.62. The molecule has 0 bridgehead atoms. The Morgan fingerprint density at radius 3 is 2.15 bits per heavy atom. The quantitative estimate of drug-likeness (QED) is 0.887. The SMILES string of the molecule is Cc1cc(C)c(S(N)(=O)=O)cc1C(=O)NC(C)C(C)C. The summed E-state index contributed by atoms with van der Waals surface area (Å²) in [5.74, 6) is 0.0102. The van der Waals surface area contributed by atoms with E-state index in [1.165, 1.54) is 6.07 Å². The van der Waals surface area contributed by atoms with Crippen LogP contribution in [0.15, 0.2) is 17.0 Å². The summed E-state index contributed by atoms with van der Waals surface area (Å²) in [4.78, 5) is 12.2. The van der Waals surface area contributed by atoms with E-state index >= 15 is 0 Å². The maximum absolute atomic E-state index is 12.2. The summed E-state index contributed by atoms with van der Waals surface area (Å²) in [5.41, 5.74) is 1.61. The number of benzene rings is 1. The van der Waals surface area contributed by atoms with E-state index < -0.39 is 10.0 Å². The molecule has 0 fully saturated rings. The molecule has 0 saturated heterocycles. The Balaban J connectivity index is 3.22. The number of sulfonamides is 1. The summed E-state index contributed by atoms with van der Waals surface area (Å²) < 4.78 is 23.0. The fourth-order valence-electron chi connectivity index (χ4n) is 1.83. The highest BCUT2D eigenvalue weighted by molar-refractivity contribution is 7.89. The van der Waals surface area contributed by atoms with Gasteiger partial charge in [-0.1, -0.05) is 19.9 Å². The van der Waals surface area contributed by atoms with Gasteiger partial charge in [0.2, 0.25) is 10.0 Å². The van der Waals surface area contributed by atoms with Crippen molar-refractivity contribution < 1.29 is 13.2 Å². The Hall–Kier alpha value is -1.40. The van der Waals surface area contributed by atoms with Gasteiger partial charge in [-0.15, -0.1) is 0 Å². The number of amides is 1. The van der Waals surface area contributed by atoms with E-state index in [-0.39, 0.29) is 16.8 Å². The van der Waals surface area contributed by atoms with Crippen molar-refractivity contribution in [3.05, 3.63) is 28.8 Å². The first-order valence-corrected chi connectivity index (χ1v) is 8.03. The topological polar surface area (TPSA) is 89.3 Å². The number of carbonyl (C=O) groups is 1. The van der Waals surface area contributed by atoms with Crippen molar-refractivity contribution in [2.24, 2.45) is 11.1 Å². The van der Waals surface area contributed by atoms with Gasteiger partial charge in [0.1, 0.15) is 0 Å². The molecule has 0 radical (unpaired) electrons. The van der Waals surface area contributed by atoms with E-state index in [4.69, 9.17) is 5.14 Å². The van der Waals surface area contributed by atoms with Gasteiger partial charge in [-0.25, -0.2) is 13.6 Å². The predicted octanol–water partition coefficient (Wildman–Crippen LogP) is 1.73. The van der Waals surface area contributed by atoms with Crippen LogP contribution in [0.25, 0.3) is 0 Å². The van der Waals surface area contributed by atoms with Crippen molar-refractivity contribution in [3.63, 3.8) is 0 Å². The zero-order chi connectivity index (χ0) is 15.7. The Labute approximate surface area is 120 Å². The van der Waals surface area contributed by atoms with Crippen LogP contribution in [0.1, 0.15) is 42.3 Å². The zero-order valence-corrected chi connectivity index (χ0v) is 13.3. The number of primary sulfonamides is 1. The number of hydrogen-bond donors (Lipinski definition) is 2. The lowest BCUT2D eigenvalue weighted by Gasteiger charge is -2.19. The number of rotatable bonds is 4. The van der Waals surface area contributed by atoms with E-state index in [1.807, 2.05) is 20.8 Å². The average molecular weight is 298 g/mol. The van der Waals surface area contributed by atoms with Crippen LogP contribution >= 0.6 is 0 Å². The molecule has 0 saturated carbocycles. The maximum Gasteiger partial charge on any atom is 0.251 e. The zero-order valence-electron chi connectivity index (χ0n) is 12.5. The Kier molecular flexibility index (Phi) is 4.94. The monoisotopic (exact) mass is 298 g/mol. The van der Waals surface area contributed by atoms with Crippen LogP contribution in [-0.4, -0.2) is 20.4 Å². The minimum atomic E-state index is -3.83. The van der Waals surface area contributed by atoms with Crippen LogP contribution in [0.3, 0.4) is 0 Å². The van der Waals surface area contributed by atoms with Crippen LogP contribution in [0.2, 0.25) is 0 Å². The van der Waals surface area contributed by atoms with Crippen LogP contribution in [0.5, 0.6) is 0 Å². The molecule has 1 aromatic rings. The second kappa shape index (κ2) is 5.93. The second-order valence-corrected chi connectivity index (χ2v) is 7.01. The lowest BCUT2D eigenvalue weighted by molar-refractivity contribution is 0.0929. The molecular formula is C14H22N2O3S. The third-order valence-corrected chi connectivity index (χ3v) is 4.48. The smallest absolute Gasteiger partial charge is 0.251 e. The number of carbonyl (C=O) groups excluding carboxylic acids is 1. The average Bonchev–Trinajstić information content (AvgIpc) is 2.26. The summed E-state index contributed by atoms with van der Waals surface area (Å²) in [6, 6.07) is 3.01. The first-order valence-electron chi connectivity index (χ1n) is 6.49. The van der Waals surface area contributed by atoms with Crippen molar-refractivity contribution in [2.45, 2.75) is 45.6 Å². The van der Waals surface area contributed by atoms with Crippen LogP contribution < -0.4 is 10.5 Å². The van der Waals surface area contributed by atoms with Gasteiger partial charge in [-0.2, -0.15) is 0 Å². The molecule has 0 aliphatic heterocycles. The molecule has 1 amide bonds. The molecule has 3 N–H and O–H groups in total. The Morgan fingerprint density at radius 2 is 1.70 bits per heavy atom. The van der Waals surface area contributed by atoms with E-state index in [2.05, 4.69) is 5.32 Å². The summed E-state index contributed by atoms with van der Waals surface area (Å²) in [6.45, 7) is 9.35. The fraction of sp³-hybridized carbons (Fsp3) is 0.500. The number of nitrogens with two attached hydrogens (primary N) is 1. The van der Waals surface area contributed by atoms with Gasteiger partial charge in [0.25, 0.3) is 5.91 Å². The first kappa shape index (κ1) is 16.7. The van der Waals surface area contributed by atoms with Crippen LogP contribution in [0.4, 0.5) is 0 Å². The van der Waals surface area contributed by atoms with Gasteiger partial charge in [-0.05, 0) is 43.9 Å². The van der Waals surface area contributed by atoms with Crippen molar-refractivity contribution in [2.75, 3.05) is 0 Å². The van der Waals surface area contributed by atoms with Crippen molar-refractivity contribution in [1.29, 1.82) is 0 Å². The van der Waals surface area contributed by atoms with Gasteiger partial charge in [0, 0.05) is 11.6 Å². The van der Waals surface area contributed by atoms with Gasteiger partial charge in [-0.3, -0.25) is 4.79 Å². The van der Waals surface area contributed by atoms with E-state index in [9.17, 15) is 13.2 Å². The molecule has 1 atom stereocenters. The molecule has 0 aliphatic rings. The molecule has 0 spiro atoms. The minimum Gasteiger partial charge on any atom is -0.349 e. The van der Waals surface area contributed by atoms with Gasteiger partial charge >= 0.3 is 0 Å². The third-order valence-electron chi connectivity index (χ3n) is 3.43. The second-order valence-electron chi connectivity index (χ2n) is 5.48. The van der Waals surface area contributed by atoms with Crippen molar-refractivity contribution in [1.82, 2.24) is 5.32 Å². The van der Waals surface area contributed by atoms with E-state index in [0.717, 1.165) is 5.56 Å².